The molecule has 0 unspecified atom stereocenters. The standard InChI is InChI=1S/3C6H5.N3.Sn/c3*1-2-4-6-5-3-1;1-3-2;/h3*1-5H;;/q;;;-1;+1. The van der Waals surface area contributed by atoms with Crippen LogP contribution in [0.25, 0.3) is 10.4 Å². The molecule has 0 amide bonds. The van der Waals surface area contributed by atoms with Crippen molar-refractivity contribution in [3.8, 4) is 0 Å². The SMILES string of the molecule is [N-]=[N+]=[N][Sn]([c]1ccccc1)([c]1ccccc1)[c]1ccccc1. The third-order valence-corrected chi connectivity index (χ3v) is 14.9. The fourth-order valence-electron chi connectivity index (χ4n) is 2.78. The summed E-state index contributed by atoms with van der Waals surface area (Å²) in [6.45, 7) is 0. The molecule has 0 bridgehead atoms. The Kier molecular flexibility index (Phi) is 4.47. The number of hydrogen-bond acceptors (Lipinski definition) is 1. The third-order valence-electron chi connectivity index (χ3n) is 3.77. The van der Waals surface area contributed by atoms with Gasteiger partial charge in [-0.05, 0) is 0 Å². The summed E-state index contributed by atoms with van der Waals surface area (Å²) in [5.41, 5.74) is 9.30. The number of rotatable bonds is 4. The fourth-order valence-corrected chi connectivity index (χ4v) is 12.8. The van der Waals surface area contributed by atoms with Gasteiger partial charge in [-0.25, -0.2) is 0 Å². The van der Waals surface area contributed by atoms with E-state index in [2.05, 4.69) is 44.6 Å². The molecule has 106 valence electrons. The summed E-state index contributed by atoms with van der Waals surface area (Å²) < 4.78 is 7.93. The second kappa shape index (κ2) is 6.69. The zero-order valence-corrected chi connectivity index (χ0v) is 14.9. The Hall–Kier alpha value is -2.23. The van der Waals surface area contributed by atoms with Gasteiger partial charge in [-0.15, -0.1) is 0 Å². The molecule has 3 aromatic rings. The van der Waals surface area contributed by atoms with E-state index in [0.717, 1.165) is 10.7 Å². The number of hydrogen-bond donors (Lipinski definition) is 0. The van der Waals surface area contributed by atoms with E-state index < -0.39 is 18.7 Å². The quantitative estimate of drug-likeness (QED) is 0.284. The number of azide groups is 1. The molecule has 0 aliphatic heterocycles. The van der Waals surface area contributed by atoms with Gasteiger partial charge in [0.1, 0.15) is 0 Å². The summed E-state index contributed by atoms with van der Waals surface area (Å²) in [5.74, 6) is 0. The molecule has 0 atom stereocenters. The Morgan fingerprint density at radius 2 is 0.909 bits per heavy atom. The number of benzene rings is 3. The first-order valence-corrected chi connectivity index (χ1v) is 12.7. The van der Waals surface area contributed by atoms with Gasteiger partial charge in [0.05, 0.1) is 0 Å². The first kappa shape index (κ1) is 14.7. The molecule has 0 heterocycles. The Balaban J connectivity index is 2.37. The van der Waals surface area contributed by atoms with Crippen LogP contribution in [0.1, 0.15) is 0 Å². The molecule has 0 spiro atoms. The van der Waals surface area contributed by atoms with E-state index in [1.165, 1.54) is 0 Å². The summed E-state index contributed by atoms with van der Waals surface area (Å²) in [7, 11) is 0. The van der Waals surface area contributed by atoms with E-state index >= 15 is 0 Å². The summed E-state index contributed by atoms with van der Waals surface area (Å²) >= 11 is -3.66. The van der Waals surface area contributed by atoms with Crippen LogP contribution >= 0.6 is 0 Å². The first-order chi connectivity index (χ1) is 10.9. The van der Waals surface area contributed by atoms with Crippen molar-refractivity contribution in [2.45, 2.75) is 0 Å². The van der Waals surface area contributed by atoms with E-state index in [1.54, 1.807) is 0 Å². The van der Waals surface area contributed by atoms with E-state index in [-0.39, 0.29) is 0 Å². The minimum absolute atomic E-state index is 1.16. The van der Waals surface area contributed by atoms with Gasteiger partial charge in [-0.3, -0.25) is 0 Å². The molecule has 0 aliphatic rings. The molecule has 3 aromatic carbocycles. The molecule has 22 heavy (non-hydrogen) atoms. The molecular weight excluding hydrogens is 377 g/mol. The van der Waals surface area contributed by atoms with Crippen molar-refractivity contribution in [3.63, 3.8) is 0 Å². The van der Waals surface area contributed by atoms with Crippen LogP contribution in [0.5, 0.6) is 0 Å². The monoisotopic (exact) mass is 393 g/mol. The molecule has 0 radical (unpaired) electrons. The average Bonchev–Trinajstić information content (AvgIpc) is 2.62. The van der Waals surface area contributed by atoms with Crippen molar-refractivity contribution in [2.75, 3.05) is 0 Å². The molecule has 0 saturated carbocycles. The van der Waals surface area contributed by atoms with Gasteiger partial charge in [0.2, 0.25) is 0 Å². The Bertz CT molecular complexity index is 686. The summed E-state index contributed by atoms with van der Waals surface area (Å²) in [6, 6.07) is 30.6. The molecule has 4 heteroatoms. The van der Waals surface area contributed by atoms with Crippen LogP contribution in [-0.2, 0) is 0 Å². The predicted molar refractivity (Wildman–Crippen MR) is 93.1 cm³/mol. The van der Waals surface area contributed by atoms with Crippen LogP contribution < -0.4 is 10.7 Å². The van der Waals surface area contributed by atoms with E-state index in [4.69, 9.17) is 0 Å². The second-order valence-corrected chi connectivity index (χ2v) is 14.6. The van der Waals surface area contributed by atoms with Crippen LogP contribution in [-0.4, -0.2) is 18.7 Å². The predicted octanol–water partition coefficient (Wildman–Crippen LogP) is 2.96. The van der Waals surface area contributed by atoms with Gasteiger partial charge in [-0.2, -0.15) is 0 Å². The topological polar surface area (TPSA) is 48.8 Å². The maximum absolute atomic E-state index is 9.30. The summed E-state index contributed by atoms with van der Waals surface area (Å²) in [4.78, 5) is 3.26. The third kappa shape index (κ3) is 2.61. The van der Waals surface area contributed by atoms with Crippen molar-refractivity contribution in [3.05, 3.63) is 101 Å². The Morgan fingerprint density at radius 3 is 1.18 bits per heavy atom. The van der Waals surface area contributed by atoms with Gasteiger partial charge in [-0.1, -0.05) is 0 Å². The van der Waals surface area contributed by atoms with Gasteiger partial charge in [0.25, 0.3) is 0 Å². The molecule has 3 rings (SSSR count). The number of nitrogens with zero attached hydrogens (tertiary/aromatic N) is 3. The zero-order valence-electron chi connectivity index (χ0n) is 12.0. The molecular formula is C18H15N3Sn. The van der Waals surface area contributed by atoms with Crippen LogP contribution in [0.4, 0.5) is 0 Å². The van der Waals surface area contributed by atoms with Crippen LogP contribution in [0, 0.1) is 0 Å². The van der Waals surface area contributed by atoms with Crippen LogP contribution in [0.3, 0.4) is 0 Å². The van der Waals surface area contributed by atoms with Crippen LogP contribution in [0.2, 0.25) is 0 Å². The van der Waals surface area contributed by atoms with E-state index in [0.29, 0.717) is 0 Å². The molecule has 0 saturated heterocycles. The van der Waals surface area contributed by atoms with Gasteiger partial charge in [0.15, 0.2) is 0 Å². The summed E-state index contributed by atoms with van der Waals surface area (Å²) in [5, 5.41) is 0. The van der Waals surface area contributed by atoms with E-state index in [9.17, 15) is 5.53 Å². The first-order valence-electron chi connectivity index (χ1n) is 7.11. The molecule has 0 aromatic heterocycles. The molecule has 0 N–H and O–H groups in total. The van der Waals surface area contributed by atoms with Gasteiger partial charge in [0, 0.05) is 0 Å². The summed E-state index contributed by atoms with van der Waals surface area (Å²) in [6.07, 6.45) is 0. The normalized spacial score (nSPS) is 10.7. The second-order valence-electron chi connectivity index (χ2n) is 5.00. The zero-order chi connectivity index (χ0) is 15.3. The Morgan fingerprint density at radius 1 is 0.591 bits per heavy atom. The fraction of sp³-hybridized carbons (Fsp3) is 0. The molecule has 0 aliphatic carbocycles. The van der Waals surface area contributed by atoms with Crippen molar-refractivity contribution < 1.29 is 0 Å². The van der Waals surface area contributed by atoms with Gasteiger partial charge >= 0.3 is 134 Å². The van der Waals surface area contributed by atoms with Crippen LogP contribution in [0.15, 0.2) is 94.3 Å². The van der Waals surface area contributed by atoms with Crippen molar-refractivity contribution in [1.82, 2.24) is 0 Å². The van der Waals surface area contributed by atoms with Gasteiger partial charge < -0.3 is 0 Å². The molecule has 0 fully saturated rings. The van der Waals surface area contributed by atoms with E-state index in [1.807, 2.05) is 54.6 Å². The molecule has 3 nitrogen and oxygen atoms in total. The van der Waals surface area contributed by atoms with Crippen molar-refractivity contribution in [1.29, 1.82) is 0 Å². The minimum atomic E-state index is -3.66. The van der Waals surface area contributed by atoms with Crippen molar-refractivity contribution >= 4 is 29.4 Å². The average molecular weight is 392 g/mol. The Labute approximate surface area is 134 Å². The maximum atomic E-state index is 9.30. The van der Waals surface area contributed by atoms with Crippen molar-refractivity contribution in [2.24, 2.45) is 3.34 Å².